The van der Waals surface area contributed by atoms with Gasteiger partial charge in [-0.2, -0.15) is 0 Å². The van der Waals surface area contributed by atoms with E-state index in [2.05, 4.69) is 34.6 Å². The van der Waals surface area contributed by atoms with Gasteiger partial charge in [-0.3, -0.25) is 14.4 Å². The van der Waals surface area contributed by atoms with Gasteiger partial charge in [0.1, 0.15) is 13.2 Å². The number of ether oxygens (including phenoxy) is 3. The first-order chi connectivity index (χ1) is 29.7. The molecule has 0 heterocycles. The number of carbonyl (C=O) groups is 3. The maximum Gasteiger partial charge on any atom is 0.306 e. The number of unbranched alkanes of at least 4 members (excludes halogenated alkanes) is 34. The van der Waals surface area contributed by atoms with E-state index >= 15 is 0 Å². The van der Waals surface area contributed by atoms with Gasteiger partial charge in [-0.05, 0) is 31.1 Å². The first-order valence-corrected chi connectivity index (χ1v) is 27.2. The minimum absolute atomic E-state index is 0.0642. The number of hydrogen-bond acceptors (Lipinski definition) is 6. The van der Waals surface area contributed by atoms with Gasteiger partial charge in [0, 0.05) is 19.3 Å². The number of rotatable bonds is 49. The summed E-state index contributed by atoms with van der Waals surface area (Å²) in [6, 6.07) is 0. The highest BCUT2D eigenvalue weighted by atomic mass is 16.6. The van der Waals surface area contributed by atoms with Crippen molar-refractivity contribution < 1.29 is 28.6 Å². The van der Waals surface area contributed by atoms with E-state index in [0.29, 0.717) is 19.3 Å². The van der Waals surface area contributed by atoms with E-state index in [9.17, 15) is 14.4 Å². The van der Waals surface area contributed by atoms with Gasteiger partial charge in [-0.1, -0.05) is 266 Å². The summed E-state index contributed by atoms with van der Waals surface area (Å²) >= 11 is 0. The maximum atomic E-state index is 12.8. The fourth-order valence-corrected chi connectivity index (χ4v) is 8.34. The lowest BCUT2D eigenvalue weighted by Gasteiger charge is -2.18. The minimum Gasteiger partial charge on any atom is -0.462 e. The molecule has 0 N–H and O–H groups in total. The van der Waals surface area contributed by atoms with Crippen LogP contribution >= 0.6 is 0 Å². The second-order valence-electron chi connectivity index (χ2n) is 19.8. The Bertz CT molecular complexity index is 931. The van der Waals surface area contributed by atoms with E-state index in [0.717, 1.165) is 69.6 Å². The molecule has 0 amide bonds. The lowest BCUT2D eigenvalue weighted by molar-refractivity contribution is -0.167. The molecule has 0 unspecified atom stereocenters. The first kappa shape index (κ1) is 59.4. The molecule has 6 nitrogen and oxygen atoms in total. The fourth-order valence-electron chi connectivity index (χ4n) is 8.34. The minimum atomic E-state index is -0.762. The molecule has 1 atom stereocenters. The van der Waals surface area contributed by atoms with E-state index in [1.165, 1.54) is 193 Å². The Morgan fingerprint density at radius 2 is 0.541 bits per heavy atom. The van der Waals surface area contributed by atoms with Crippen molar-refractivity contribution in [1.82, 2.24) is 0 Å². The van der Waals surface area contributed by atoms with Gasteiger partial charge < -0.3 is 14.2 Å². The molecule has 6 heteroatoms. The molecule has 0 rings (SSSR count). The van der Waals surface area contributed by atoms with Crippen molar-refractivity contribution >= 4 is 17.9 Å². The molecule has 0 aromatic heterocycles. The van der Waals surface area contributed by atoms with E-state index in [1.807, 2.05) is 0 Å². The van der Waals surface area contributed by atoms with E-state index in [-0.39, 0.29) is 31.1 Å². The molecule has 0 saturated carbocycles. The van der Waals surface area contributed by atoms with Crippen LogP contribution < -0.4 is 0 Å². The predicted octanol–water partition coefficient (Wildman–Crippen LogP) is 17.7. The van der Waals surface area contributed by atoms with Crippen molar-refractivity contribution in [2.24, 2.45) is 11.8 Å². The molecule has 0 spiro atoms. The molecule has 0 saturated heterocycles. The zero-order valence-electron chi connectivity index (χ0n) is 41.8. The van der Waals surface area contributed by atoms with Crippen molar-refractivity contribution in [3.05, 3.63) is 0 Å². The van der Waals surface area contributed by atoms with Gasteiger partial charge in [0.2, 0.25) is 0 Å². The van der Waals surface area contributed by atoms with Crippen LogP contribution in [0.2, 0.25) is 0 Å². The zero-order chi connectivity index (χ0) is 44.7. The van der Waals surface area contributed by atoms with Crippen molar-refractivity contribution in [3.8, 4) is 0 Å². The summed E-state index contributed by atoms with van der Waals surface area (Å²) in [6.45, 7) is 11.3. The Morgan fingerprint density at radius 1 is 0.311 bits per heavy atom. The summed E-state index contributed by atoms with van der Waals surface area (Å²) < 4.78 is 16.8. The summed E-state index contributed by atoms with van der Waals surface area (Å²) in [5.74, 6) is 0.753. The standard InChI is InChI=1S/C55H106O6/c1-6-7-8-9-10-11-12-13-14-15-16-17-20-24-27-30-37-42-47-55(58)61-52(49-60-54(57)46-41-36-32-31-34-39-44-51(4)5)48-59-53(56)45-40-35-29-26-23-21-18-19-22-25-28-33-38-43-50(2)3/h50-52H,6-49H2,1-5H3/t52-/m1/s1. The van der Waals surface area contributed by atoms with Crippen LogP contribution in [-0.4, -0.2) is 37.2 Å². The summed E-state index contributed by atoms with van der Waals surface area (Å²) in [6.07, 6.45) is 49.7. The summed E-state index contributed by atoms with van der Waals surface area (Å²) in [5.41, 5.74) is 0. The average molecular weight is 863 g/mol. The zero-order valence-corrected chi connectivity index (χ0v) is 41.8. The molecule has 0 aromatic rings. The lowest BCUT2D eigenvalue weighted by atomic mass is 10.0. The normalized spacial score (nSPS) is 12.0. The number of carbonyl (C=O) groups excluding carboxylic acids is 3. The van der Waals surface area contributed by atoms with Crippen LogP contribution in [0.5, 0.6) is 0 Å². The Morgan fingerprint density at radius 3 is 0.803 bits per heavy atom. The van der Waals surface area contributed by atoms with Crippen molar-refractivity contribution in [3.63, 3.8) is 0 Å². The quantitative estimate of drug-likeness (QED) is 0.0344. The largest absolute Gasteiger partial charge is 0.462 e. The van der Waals surface area contributed by atoms with Crippen LogP contribution in [0.1, 0.15) is 304 Å². The van der Waals surface area contributed by atoms with Gasteiger partial charge in [0.05, 0.1) is 0 Å². The van der Waals surface area contributed by atoms with E-state index in [4.69, 9.17) is 14.2 Å². The van der Waals surface area contributed by atoms with Gasteiger partial charge in [-0.25, -0.2) is 0 Å². The lowest BCUT2D eigenvalue weighted by Crippen LogP contribution is -2.30. The molecule has 362 valence electrons. The number of esters is 3. The van der Waals surface area contributed by atoms with Crippen molar-refractivity contribution in [1.29, 1.82) is 0 Å². The molecule has 0 fully saturated rings. The highest BCUT2D eigenvalue weighted by Gasteiger charge is 2.19. The van der Waals surface area contributed by atoms with Crippen LogP contribution in [0, 0.1) is 11.8 Å². The molecule has 0 radical (unpaired) electrons. The van der Waals surface area contributed by atoms with Crippen molar-refractivity contribution in [2.45, 2.75) is 310 Å². The topological polar surface area (TPSA) is 78.9 Å². The van der Waals surface area contributed by atoms with Crippen LogP contribution in [-0.2, 0) is 28.6 Å². The second kappa shape index (κ2) is 47.9. The van der Waals surface area contributed by atoms with Gasteiger partial charge >= 0.3 is 17.9 Å². The van der Waals surface area contributed by atoms with Gasteiger partial charge in [0.15, 0.2) is 6.10 Å². The van der Waals surface area contributed by atoms with Crippen LogP contribution in [0.15, 0.2) is 0 Å². The highest BCUT2D eigenvalue weighted by Crippen LogP contribution is 2.18. The highest BCUT2D eigenvalue weighted by molar-refractivity contribution is 5.71. The Kier molecular flexibility index (Phi) is 46.6. The summed E-state index contributed by atoms with van der Waals surface area (Å²) in [7, 11) is 0. The molecule has 0 aromatic carbocycles. The molecule has 0 bridgehead atoms. The third-order valence-corrected chi connectivity index (χ3v) is 12.5. The molecule has 0 aliphatic heterocycles. The molecule has 61 heavy (non-hydrogen) atoms. The SMILES string of the molecule is CCCCCCCCCCCCCCCCCCCCC(=O)O[C@H](COC(=O)CCCCCCCCCCCCCCCC(C)C)COC(=O)CCCCCCCCC(C)C. The molecule has 0 aliphatic rings. The van der Waals surface area contributed by atoms with Crippen LogP contribution in [0.3, 0.4) is 0 Å². The summed E-state index contributed by atoms with van der Waals surface area (Å²) in [4.78, 5) is 38.0. The monoisotopic (exact) mass is 863 g/mol. The Balaban J connectivity index is 4.24. The summed E-state index contributed by atoms with van der Waals surface area (Å²) in [5, 5.41) is 0. The molecule has 0 aliphatic carbocycles. The first-order valence-electron chi connectivity index (χ1n) is 27.2. The molecular weight excluding hydrogens is 757 g/mol. The van der Waals surface area contributed by atoms with Gasteiger partial charge in [-0.15, -0.1) is 0 Å². The van der Waals surface area contributed by atoms with E-state index < -0.39 is 6.10 Å². The number of hydrogen-bond donors (Lipinski definition) is 0. The Hall–Kier alpha value is -1.59. The second-order valence-corrected chi connectivity index (χ2v) is 19.8. The molecular formula is C55H106O6. The maximum absolute atomic E-state index is 12.8. The predicted molar refractivity (Wildman–Crippen MR) is 261 cm³/mol. The smallest absolute Gasteiger partial charge is 0.306 e. The average Bonchev–Trinajstić information content (AvgIpc) is 3.23. The Labute approximate surface area is 380 Å². The van der Waals surface area contributed by atoms with Crippen molar-refractivity contribution in [2.75, 3.05) is 13.2 Å². The third-order valence-electron chi connectivity index (χ3n) is 12.5. The van der Waals surface area contributed by atoms with Crippen LogP contribution in [0.4, 0.5) is 0 Å². The third kappa shape index (κ3) is 49.3. The van der Waals surface area contributed by atoms with E-state index in [1.54, 1.807) is 0 Å². The fraction of sp³-hybridized carbons (Fsp3) is 0.945. The van der Waals surface area contributed by atoms with Gasteiger partial charge in [0.25, 0.3) is 0 Å². The van der Waals surface area contributed by atoms with Crippen LogP contribution in [0.25, 0.3) is 0 Å².